The number of rotatable bonds is 10. The van der Waals surface area contributed by atoms with E-state index in [2.05, 4.69) is 0 Å². The molecule has 0 saturated carbocycles. The lowest BCUT2D eigenvalue weighted by Gasteiger charge is -2.28. The quantitative estimate of drug-likeness (QED) is 0.595. The third kappa shape index (κ3) is 6.70. The van der Waals surface area contributed by atoms with E-state index >= 15 is 0 Å². The molecule has 0 aliphatic rings. The number of fused-ring (bicyclic) bond motifs is 1. The van der Waals surface area contributed by atoms with E-state index in [-0.39, 0.29) is 18.8 Å². The molecule has 3 N–H and O–H groups in total. The fourth-order valence-electron chi connectivity index (χ4n) is 2.98. The number of hydrogen-bond donors (Lipinski definition) is 3. The molecule has 2 atom stereocenters. The Bertz CT molecular complexity index is 665. The van der Waals surface area contributed by atoms with Crippen molar-refractivity contribution in [3.05, 3.63) is 36.5 Å². The summed E-state index contributed by atoms with van der Waals surface area (Å²) in [5, 5.41) is 31.1. The van der Waals surface area contributed by atoms with E-state index in [4.69, 9.17) is 4.74 Å². The minimum absolute atomic E-state index is 0.0218. The van der Waals surface area contributed by atoms with Crippen LogP contribution in [0.1, 0.15) is 20.8 Å². The van der Waals surface area contributed by atoms with Crippen LogP contribution in [0.5, 0.6) is 0 Å². The van der Waals surface area contributed by atoms with Gasteiger partial charge in [0, 0.05) is 37.9 Å². The van der Waals surface area contributed by atoms with E-state index in [1.165, 1.54) is 0 Å². The Kier molecular flexibility index (Phi) is 7.61. The molecule has 1 heterocycles. The van der Waals surface area contributed by atoms with Gasteiger partial charge in [0.2, 0.25) is 0 Å². The van der Waals surface area contributed by atoms with Crippen LogP contribution in [-0.4, -0.2) is 75.4 Å². The third-order valence-corrected chi connectivity index (χ3v) is 4.15. The molecule has 0 unspecified atom stereocenters. The van der Waals surface area contributed by atoms with E-state index in [1.807, 2.05) is 66.8 Å². The predicted octanol–water partition coefficient (Wildman–Crippen LogP) is 1.47. The van der Waals surface area contributed by atoms with Crippen molar-refractivity contribution in [2.24, 2.45) is 0 Å². The Morgan fingerprint density at radius 1 is 1.08 bits per heavy atom. The molecule has 0 fully saturated rings. The van der Waals surface area contributed by atoms with Crippen molar-refractivity contribution in [1.29, 1.82) is 0 Å². The van der Waals surface area contributed by atoms with Crippen LogP contribution in [0.15, 0.2) is 36.5 Å². The first-order valence-electron chi connectivity index (χ1n) is 9.15. The van der Waals surface area contributed by atoms with Gasteiger partial charge in [-0.2, -0.15) is 0 Å². The van der Waals surface area contributed by atoms with Gasteiger partial charge in [-0.3, -0.25) is 4.90 Å². The number of nitrogens with zero attached hydrogens (tertiary/aromatic N) is 2. The first kappa shape index (κ1) is 20.9. The van der Waals surface area contributed by atoms with Crippen LogP contribution in [0, 0.1) is 0 Å². The molecule has 2 rings (SSSR count). The Labute approximate surface area is 155 Å². The predicted molar refractivity (Wildman–Crippen MR) is 103 cm³/mol. The van der Waals surface area contributed by atoms with E-state index in [9.17, 15) is 15.3 Å². The Balaban J connectivity index is 1.89. The number of aliphatic hydroxyl groups is 3. The lowest BCUT2D eigenvalue weighted by atomic mass is 10.2. The van der Waals surface area contributed by atoms with Crippen LogP contribution < -0.4 is 0 Å². The van der Waals surface area contributed by atoms with Crippen LogP contribution in [-0.2, 0) is 11.3 Å². The maximum Gasteiger partial charge on any atom is 0.0900 e. The molecular weight excluding hydrogens is 332 g/mol. The molecule has 0 radical (unpaired) electrons. The summed E-state index contributed by atoms with van der Waals surface area (Å²) in [4.78, 5) is 1.87. The van der Waals surface area contributed by atoms with Crippen molar-refractivity contribution in [3.63, 3.8) is 0 Å². The highest BCUT2D eigenvalue weighted by atomic mass is 16.5. The number of ether oxygens (including phenoxy) is 1. The fourth-order valence-corrected chi connectivity index (χ4v) is 2.98. The van der Waals surface area contributed by atoms with Gasteiger partial charge in [-0.25, -0.2) is 0 Å². The number of aromatic nitrogens is 1. The molecule has 1 aromatic carbocycles. The molecule has 0 aliphatic heterocycles. The van der Waals surface area contributed by atoms with Crippen molar-refractivity contribution in [2.45, 2.75) is 45.1 Å². The van der Waals surface area contributed by atoms with Gasteiger partial charge in [0.25, 0.3) is 0 Å². The second-order valence-corrected chi connectivity index (χ2v) is 7.74. The normalized spacial score (nSPS) is 14.9. The van der Waals surface area contributed by atoms with Gasteiger partial charge in [-0.05, 0) is 38.3 Å². The zero-order valence-electron chi connectivity index (χ0n) is 16.0. The maximum absolute atomic E-state index is 10.5. The number of benzene rings is 1. The Morgan fingerprint density at radius 2 is 1.77 bits per heavy atom. The Morgan fingerprint density at radius 3 is 2.46 bits per heavy atom. The fraction of sp³-hybridized carbons (Fsp3) is 0.600. The van der Waals surface area contributed by atoms with Crippen molar-refractivity contribution in [2.75, 3.05) is 32.8 Å². The highest BCUT2D eigenvalue weighted by Crippen LogP contribution is 2.15. The van der Waals surface area contributed by atoms with Crippen LogP contribution in [0.4, 0.5) is 0 Å². The van der Waals surface area contributed by atoms with Crippen molar-refractivity contribution < 1.29 is 20.1 Å². The molecule has 1 aromatic heterocycles. The summed E-state index contributed by atoms with van der Waals surface area (Å²) in [6.45, 7) is 7.61. The largest absolute Gasteiger partial charge is 0.395 e. The second-order valence-electron chi connectivity index (χ2n) is 7.74. The van der Waals surface area contributed by atoms with Crippen molar-refractivity contribution in [1.82, 2.24) is 9.47 Å². The van der Waals surface area contributed by atoms with Gasteiger partial charge in [-0.15, -0.1) is 0 Å². The third-order valence-electron chi connectivity index (χ3n) is 4.15. The summed E-state index contributed by atoms with van der Waals surface area (Å²) >= 11 is 0. The SMILES string of the molecule is CC(C)(C)OC[C@@H](O)CN(CCO)C[C@H](O)Cn1ccc2ccccc21. The number of para-hydroxylation sites is 1. The molecule has 0 saturated heterocycles. The van der Waals surface area contributed by atoms with Crippen molar-refractivity contribution >= 4 is 10.9 Å². The maximum atomic E-state index is 10.5. The van der Waals surface area contributed by atoms with Gasteiger partial charge < -0.3 is 24.6 Å². The summed E-state index contributed by atoms with van der Waals surface area (Å²) in [6.07, 6.45) is 0.699. The minimum atomic E-state index is -0.666. The summed E-state index contributed by atoms with van der Waals surface area (Å²) in [5.41, 5.74) is 0.775. The second kappa shape index (κ2) is 9.48. The zero-order valence-corrected chi connectivity index (χ0v) is 16.0. The topological polar surface area (TPSA) is 78.1 Å². The molecular formula is C20H32N2O4. The number of aliphatic hydroxyl groups excluding tert-OH is 3. The molecule has 0 bridgehead atoms. The van der Waals surface area contributed by atoms with Gasteiger partial charge in [0.15, 0.2) is 0 Å². The van der Waals surface area contributed by atoms with Gasteiger partial charge in [-0.1, -0.05) is 18.2 Å². The van der Waals surface area contributed by atoms with Gasteiger partial charge in [0.1, 0.15) is 0 Å². The molecule has 26 heavy (non-hydrogen) atoms. The average Bonchev–Trinajstić information content (AvgIpc) is 2.96. The average molecular weight is 364 g/mol. The first-order chi connectivity index (χ1) is 12.3. The summed E-state index contributed by atoms with van der Waals surface area (Å²) in [5.74, 6) is 0. The smallest absolute Gasteiger partial charge is 0.0900 e. The first-order valence-corrected chi connectivity index (χ1v) is 9.15. The van der Waals surface area contributed by atoms with Crippen LogP contribution in [0.3, 0.4) is 0 Å². The molecule has 146 valence electrons. The van der Waals surface area contributed by atoms with E-state index < -0.39 is 12.2 Å². The number of hydrogen-bond acceptors (Lipinski definition) is 5. The van der Waals surface area contributed by atoms with Gasteiger partial charge in [0.05, 0.1) is 31.0 Å². The van der Waals surface area contributed by atoms with Crippen LogP contribution in [0.25, 0.3) is 10.9 Å². The van der Waals surface area contributed by atoms with Crippen LogP contribution >= 0.6 is 0 Å². The Hall–Kier alpha value is -1.44. The molecule has 0 amide bonds. The van der Waals surface area contributed by atoms with Gasteiger partial charge >= 0.3 is 0 Å². The standard InChI is InChI=1S/C20H32N2O4/c1-20(2,3)26-15-18(25)13-21(10-11-23)12-17(24)14-22-9-8-16-6-4-5-7-19(16)22/h4-9,17-18,23-25H,10-15H2,1-3H3/t17-,18-/m0/s1. The summed E-state index contributed by atoms with van der Waals surface area (Å²) < 4.78 is 7.63. The highest BCUT2D eigenvalue weighted by molar-refractivity contribution is 5.79. The molecule has 0 spiro atoms. The molecule has 2 aromatic rings. The monoisotopic (exact) mass is 364 g/mol. The van der Waals surface area contributed by atoms with Crippen LogP contribution in [0.2, 0.25) is 0 Å². The molecule has 6 heteroatoms. The summed E-state index contributed by atoms with van der Waals surface area (Å²) in [6, 6.07) is 10.1. The molecule has 6 nitrogen and oxygen atoms in total. The van der Waals surface area contributed by atoms with E-state index in [1.54, 1.807) is 0 Å². The minimum Gasteiger partial charge on any atom is -0.395 e. The zero-order chi connectivity index (χ0) is 19.2. The lowest BCUT2D eigenvalue weighted by Crippen LogP contribution is -2.42. The van der Waals surface area contributed by atoms with E-state index in [0.29, 0.717) is 26.2 Å². The summed E-state index contributed by atoms with van der Waals surface area (Å²) in [7, 11) is 0. The lowest BCUT2D eigenvalue weighted by molar-refractivity contribution is -0.0593. The van der Waals surface area contributed by atoms with Crippen molar-refractivity contribution in [3.8, 4) is 0 Å². The molecule has 0 aliphatic carbocycles. The van der Waals surface area contributed by atoms with E-state index in [0.717, 1.165) is 10.9 Å². The highest BCUT2D eigenvalue weighted by Gasteiger charge is 2.19.